The minimum Gasteiger partial charge on any atom is -0.425 e. The minimum absolute atomic E-state index is 0.0566. The molecule has 8 nitrogen and oxygen atoms in total. The number of rotatable bonds is 7. The lowest BCUT2D eigenvalue weighted by Crippen LogP contribution is -2.43. The maximum Gasteiger partial charge on any atom is 0.343 e. The second-order valence-electron chi connectivity index (χ2n) is 12.8. The molecule has 1 unspecified atom stereocenters. The number of hydrogen-bond donors (Lipinski definition) is 0. The summed E-state index contributed by atoms with van der Waals surface area (Å²) in [6, 6.07) is 43.7. The number of fused-ring (bicyclic) bond motifs is 3. The van der Waals surface area contributed by atoms with Crippen LogP contribution in [0.1, 0.15) is 32.3 Å². The van der Waals surface area contributed by atoms with E-state index in [1.807, 2.05) is 120 Å². The number of carbonyl (C=O) groups excluding carboxylic acids is 3. The molecule has 6 aromatic rings. The van der Waals surface area contributed by atoms with E-state index in [-0.39, 0.29) is 34.0 Å². The van der Waals surface area contributed by atoms with Gasteiger partial charge in [0.1, 0.15) is 17.4 Å². The molecule has 0 amide bonds. The first-order valence-corrected chi connectivity index (χ1v) is 17.5. The van der Waals surface area contributed by atoms with Crippen LogP contribution in [0.5, 0.6) is 0 Å². The molecule has 0 radical (unpaired) electrons. The molecule has 5 aromatic carbocycles. The SMILES string of the molecule is O=C(OC1=C(C(=O)c2ccccc2)C2=C(C(=O)C1c1nc3ccccc3nc1-c1ccccc1)N1C=CC=CC1=CN2c1ccccc1)c1ccccc1. The fourth-order valence-corrected chi connectivity index (χ4v) is 7.04. The normalized spacial score (nSPS) is 16.3. The summed E-state index contributed by atoms with van der Waals surface area (Å²) < 4.78 is 6.44. The van der Waals surface area contributed by atoms with Gasteiger partial charge in [-0.3, -0.25) is 9.59 Å². The molecule has 1 aromatic heterocycles. The first-order chi connectivity index (χ1) is 26.6. The van der Waals surface area contributed by atoms with Crippen LogP contribution < -0.4 is 4.90 Å². The van der Waals surface area contributed by atoms with E-state index in [0.717, 1.165) is 0 Å². The Morgan fingerprint density at radius 1 is 0.611 bits per heavy atom. The maximum absolute atomic E-state index is 15.7. The Labute approximate surface area is 311 Å². The Hall–Kier alpha value is -7.45. The molecule has 0 N–H and O–H groups in total. The van der Waals surface area contributed by atoms with Gasteiger partial charge in [-0.05, 0) is 48.6 Å². The highest BCUT2D eigenvalue weighted by molar-refractivity contribution is 6.19. The third-order valence-electron chi connectivity index (χ3n) is 9.53. The van der Waals surface area contributed by atoms with E-state index in [9.17, 15) is 4.79 Å². The Bertz CT molecular complexity index is 2630. The van der Waals surface area contributed by atoms with Crippen LogP contribution in [0, 0.1) is 0 Å². The van der Waals surface area contributed by atoms with Gasteiger partial charge in [0, 0.05) is 29.2 Å². The predicted molar refractivity (Wildman–Crippen MR) is 207 cm³/mol. The number of benzene rings is 5. The van der Waals surface area contributed by atoms with Crippen LogP contribution in [0.4, 0.5) is 5.69 Å². The topological polar surface area (TPSA) is 92.7 Å². The second-order valence-corrected chi connectivity index (χ2v) is 12.8. The minimum atomic E-state index is -1.36. The maximum atomic E-state index is 15.7. The van der Waals surface area contributed by atoms with Gasteiger partial charge in [0.2, 0.25) is 0 Å². The lowest BCUT2D eigenvalue weighted by Gasteiger charge is -2.42. The monoisotopic (exact) mass is 702 g/mol. The van der Waals surface area contributed by atoms with E-state index in [2.05, 4.69) is 0 Å². The van der Waals surface area contributed by atoms with Crippen LogP contribution in [-0.2, 0) is 9.53 Å². The summed E-state index contributed by atoms with van der Waals surface area (Å²) in [6.45, 7) is 0. The lowest BCUT2D eigenvalue weighted by molar-refractivity contribution is -0.118. The molecule has 0 fully saturated rings. The van der Waals surface area contributed by atoms with E-state index in [0.29, 0.717) is 39.2 Å². The smallest absolute Gasteiger partial charge is 0.343 e. The number of para-hydroxylation sites is 3. The van der Waals surface area contributed by atoms with Gasteiger partial charge in [-0.25, -0.2) is 14.8 Å². The van der Waals surface area contributed by atoms with Crippen LogP contribution in [0.25, 0.3) is 22.3 Å². The summed E-state index contributed by atoms with van der Waals surface area (Å²) in [4.78, 5) is 59.0. The molecule has 1 atom stereocenters. The zero-order valence-electron chi connectivity index (χ0n) is 28.7. The number of allylic oxidation sites excluding steroid dienone is 6. The van der Waals surface area contributed by atoms with Crippen LogP contribution in [0.15, 0.2) is 205 Å². The van der Waals surface area contributed by atoms with Crippen LogP contribution >= 0.6 is 0 Å². The number of aromatic nitrogens is 2. The molecule has 0 spiro atoms. The summed E-state index contributed by atoms with van der Waals surface area (Å²) in [6.07, 6.45) is 9.31. The third-order valence-corrected chi connectivity index (χ3v) is 9.53. The van der Waals surface area contributed by atoms with Gasteiger partial charge in [0.05, 0.1) is 45.0 Å². The van der Waals surface area contributed by atoms with Crippen molar-refractivity contribution in [2.75, 3.05) is 4.90 Å². The number of nitrogens with zero attached hydrogens (tertiary/aromatic N) is 4. The van der Waals surface area contributed by atoms with Gasteiger partial charge >= 0.3 is 5.97 Å². The summed E-state index contributed by atoms with van der Waals surface area (Å²) in [5.74, 6) is -3.06. The zero-order valence-corrected chi connectivity index (χ0v) is 28.7. The molecular weight excluding hydrogens is 673 g/mol. The predicted octanol–water partition coefficient (Wildman–Crippen LogP) is 8.92. The summed E-state index contributed by atoms with van der Waals surface area (Å²) in [5, 5.41) is 0. The number of carbonyl (C=O) groups is 3. The summed E-state index contributed by atoms with van der Waals surface area (Å²) >= 11 is 0. The average molecular weight is 703 g/mol. The van der Waals surface area contributed by atoms with Crippen molar-refractivity contribution < 1.29 is 19.1 Å². The van der Waals surface area contributed by atoms with E-state index >= 15 is 9.59 Å². The molecule has 0 saturated carbocycles. The molecule has 3 aliphatic rings. The van der Waals surface area contributed by atoms with Gasteiger partial charge in [-0.1, -0.05) is 115 Å². The van der Waals surface area contributed by atoms with Crippen molar-refractivity contribution in [3.63, 3.8) is 0 Å². The van der Waals surface area contributed by atoms with Gasteiger partial charge in [-0.15, -0.1) is 0 Å². The number of ketones is 2. The van der Waals surface area contributed by atoms with E-state index in [1.165, 1.54) is 0 Å². The highest BCUT2D eigenvalue weighted by Gasteiger charge is 2.49. The van der Waals surface area contributed by atoms with Crippen molar-refractivity contribution in [3.05, 3.63) is 221 Å². The number of ether oxygens (including phenoxy) is 1. The van der Waals surface area contributed by atoms with Gasteiger partial charge in [0.15, 0.2) is 11.6 Å². The molecular formula is C46H30N4O4. The fourth-order valence-electron chi connectivity index (χ4n) is 7.04. The third kappa shape index (κ3) is 5.63. The fraction of sp³-hybridized carbons (Fsp3) is 0.0217. The van der Waals surface area contributed by atoms with Crippen molar-refractivity contribution in [2.45, 2.75) is 5.92 Å². The standard InChI is InChI=1S/C46H30N4O4/c51-43(31-19-7-2-8-20-31)38-41-42(49-28-16-15-25-34(49)29-50(41)33-23-11-4-12-24-33)44(52)37(45(38)54-46(53)32-21-9-3-10-22-32)40-39(30-17-5-1-6-18-30)47-35-26-13-14-27-36(35)48-40/h1-29,37H. The van der Waals surface area contributed by atoms with Gasteiger partial charge < -0.3 is 14.5 Å². The van der Waals surface area contributed by atoms with Crippen LogP contribution in [-0.4, -0.2) is 32.4 Å². The quantitative estimate of drug-likeness (QED) is 0.120. The molecule has 54 heavy (non-hydrogen) atoms. The highest BCUT2D eigenvalue weighted by atomic mass is 16.5. The number of anilines is 1. The van der Waals surface area contributed by atoms with Crippen molar-refractivity contribution in [1.82, 2.24) is 14.9 Å². The van der Waals surface area contributed by atoms with Crippen LogP contribution in [0.2, 0.25) is 0 Å². The Balaban J connectivity index is 1.39. The lowest BCUT2D eigenvalue weighted by atomic mass is 9.79. The van der Waals surface area contributed by atoms with Crippen molar-refractivity contribution in [2.24, 2.45) is 0 Å². The Morgan fingerprint density at radius 3 is 1.89 bits per heavy atom. The van der Waals surface area contributed by atoms with Gasteiger partial charge in [-0.2, -0.15) is 0 Å². The Morgan fingerprint density at radius 2 is 1.20 bits per heavy atom. The van der Waals surface area contributed by atoms with E-state index < -0.39 is 23.5 Å². The molecule has 0 saturated heterocycles. The molecule has 2 aliphatic heterocycles. The largest absolute Gasteiger partial charge is 0.425 e. The Kier molecular flexibility index (Phi) is 8.17. The zero-order chi connectivity index (χ0) is 36.6. The van der Waals surface area contributed by atoms with E-state index in [4.69, 9.17) is 14.7 Å². The molecule has 258 valence electrons. The summed E-state index contributed by atoms with van der Waals surface area (Å²) in [5.41, 5.74) is 5.14. The van der Waals surface area contributed by atoms with Crippen molar-refractivity contribution in [1.29, 1.82) is 0 Å². The summed E-state index contributed by atoms with van der Waals surface area (Å²) in [7, 11) is 0. The van der Waals surface area contributed by atoms with Crippen LogP contribution in [0.3, 0.4) is 0 Å². The van der Waals surface area contributed by atoms with Gasteiger partial charge in [0.25, 0.3) is 0 Å². The van der Waals surface area contributed by atoms with Crippen molar-refractivity contribution in [3.8, 4) is 11.3 Å². The molecule has 1 aliphatic carbocycles. The number of hydrogen-bond acceptors (Lipinski definition) is 8. The van der Waals surface area contributed by atoms with E-state index in [1.54, 1.807) is 65.7 Å². The van der Waals surface area contributed by atoms with Crippen molar-refractivity contribution >= 4 is 34.3 Å². The highest BCUT2D eigenvalue weighted by Crippen LogP contribution is 2.48. The first kappa shape index (κ1) is 32.5. The number of esters is 1. The average Bonchev–Trinajstić information content (AvgIpc) is 3.24. The second kappa shape index (κ2) is 13.6. The molecule has 8 heteroatoms. The number of Topliss-reactive ketones (excluding diaryl/α,β-unsaturated/α-hetero) is 2. The molecule has 9 rings (SSSR count). The molecule has 0 bridgehead atoms. The molecule has 3 heterocycles. The first-order valence-electron chi connectivity index (χ1n) is 17.5.